The number of aromatic nitrogens is 7. The maximum atomic E-state index is 13.3. The van der Waals surface area contributed by atoms with Crippen molar-refractivity contribution < 1.29 is 29.9 Å². The summed E-state index contributed by atoms with van der Waals surface area (Å²) in [6.45, 7) is 1.86. The van der Waals surface area contributed by atoms with E-state index in [0.29, 0.717) is 5.69 Å². The van der Waals surface area contributed by atoms with E-state index in [9.17, 15) is 39.6 Å². The molecule has 17 nitrogen and oxygen atoms in total. The highest BCUT2D eigenvalue weighted by Gasteiger charge is 2.36. The molecule has 0 amide bonds. The largest absolute Gasteiger partial charge is 0.394 e. The summed E-state index contributed by atoms with van der Waals surface area (Å²) in [5.74, 6) is 0. The number of nitrogens with zero attached hydrogens (tertiary/aromatic N) is 7. The second kappa shape index (κ2) is 11.9. The first-order valence-corrected chi connectivity index (χ1v) is 13.4. The molecule has 228 valence electrons. The van der Waals surface area contributed by atoms with Gasteiger partial charge >= 0.3 is 11.4 Å². The summed E-state index contributed by atoms with van der Waals surface area (Å²) < 4.78 is 16.9. The van der Waals surface area contributed by atoms with Gasteiger partial charge in [-0.2, -0.15) is 0 Å². The fraction of sp³-hybridized carbons (Fsp3) is 0.600. The first kappa shape index (κ1) is 29.7. The van der Waals surface area contributed by atoms with Gasteiger partial charge in [-0.1, -0.05) is 5.21 Å². The lowest BCUT2D eigenvalue weighted by molar-refractivity contribution is -0.0464. The lowest BCUT2D eigenvalue weighted by atomic mass is 10.2. The van der Waals surface area contributed by atoms with Gasteiger partial charge in [0, 0.05) is 36.4 Å². The van der Waals surface area contributed by atoms with Crippen LogP contribution in [0.1, 0.15) is 42.1 Å². The molecule has 0 aliphatic carbocycles. The molecule has 17 heteroatoms. The molecule has 5 rings (SSSR count). The number of aliphatic hydroxyl groups is 4. The SMILES string of the molecule is Cc1cn([C@H]2C[C@H](O)[C@@H](CO)O2)c(=O)n(CCn2nncc2Cn2c(=O)c(C)cn([C@H]3C[C@H](O)[C@@H](CO)O3)c2=O)c1=O. The Kier molecular flexibility index (Phi) is 8.40. The van der Waals surface area contributed by atoms with E-state index in [1.165, 1.54) is 46.3 Å². The first-order chi connectivity index (χ1) is 20.0. The highest BCUT2D eigenvalue weighted by Crippen LogP contribution is 2.28. The van der Waals surface area contributed by atoms with Gasteiger partial charge in [0.25, 0.3) is 11.1 Å². The normalized spacial score (nSPS) is 25.9. The highest BCUT2D eigenvalue weighted by atomic mass is 16.5. The van der Waals surface area contributed by atoms with Crippen molar-refractivity contribution in [2.45, 2.75) is 83.2 Å². The fourth-order valence-corrected chi connectivity index (χ4v) is 5.31. The van der Waals surface area contributed by atoms with Crippen molar-refractivity contribution in [2.24, 2.45) is 0 Å². The van der Waals surface area contributed by atoms with Crippen LogP contribution >= 0.6 is 0 Å². The number of aliphatic hydroxyl groups excluding tert-OH is 4. The summed E-state index contributed by atoms with van der Waals surface area (Å²) in [6.07, 6.45) is -1.24. The number of rotatable bonds is 9. The topological polar surface area (TPSA) is 218 Å². The molecule has 0 bridgehead atoms. The molecule has 0 saturated carbocycles. The van der Waals surface area contributed by atoms with Crippen LogP contribution in [0, 0.1) is 13.8 Å². The average molecular weight is 592 g/mol. The van der Waals surface area contributed by atoms with Crippen LogP contribution in [0.2, 0.25) is 0 Å². The third-order valence-electron chi connectivity index (χ3n) is 7.68. The number of hydrogen-bond acceptors (Lipinski definition) is 12. The molecule has 2 saturated heterocycles. The third-order valence-corrected chi connectivity index (χ3v) is 7.68. The number of ether oxygens (including phenoxy) is 2. The second-order valence-electron chi connectivity index (χ2n) is 10.5. The predicted molar refractivity (Wildman–Crippen MR) is 142 cm³/mol. The molecule has 2 fully saturated rings. The Balaban J connectivity index is 1.40. The quantitative estimate of drug-likeness (QED) is 0.191. The van der Waals surface area contributed by atoms with E-state index in [4.69, 9.17) is 9.47 Å². The van der Waals surface area contributed by atoms with E-state index in [-0.39, 0.29) is 43.6 Å². The Morgan fingerprint density at radius 1 is 0.810 bits per heavy atom. The highest BCUT2D eigenvalue weighted by molar-refractivity contribution is 5.07. The molecule has 2 aliphatic rings. The molecule has 0 unspecified atom stereocenters. The molecule has 2 aliphatic heterocycles. The zero-order valence-electron chi connectivity index (χ0n) is 23.0. The van der Waals surface area contributed by atoms with Gasteiger partial charge in [0.1, 0.15) is 24.7 Å². The van der Waals surface area contributed by atoms with E-state index in [0.717, 1.165) is 9.13 Å². The van der Waals surface area contributed by atoms with Crippen molar-refractivity contribution >= 4 is 0 Å². The summed E-state index contributed by atoms with van der Waals surface area (Å²) in [5.41, 5.74) is -1.62. The van der Waals surface area contributed by atoms with Crippen LogP contribution in [0.25, 0.3) is 0 Å². The Morgan fingerprint density at radius 3 is 1.81 bits per heavy atom. The van der Waals surface area contributed by atoms with E-state index in [1.54, 1.807) is 0 Å². The predicted octanol–water partition coefficient (Wildman–Crippen LogP) is -3.43. The van der Waals surface area contributed by atoms with Crippen LogP contribution in [0.15, 0.2) is 37.8 Å². The van der Waals surface area contributed by atoms with Gasteiger partial charge in [0.15, 0.2) is 0 Å². The Labute approximate surface area is 237 Å². The molecule has 4 N–H and O–H groups in total. The lowest BCUT2D eigenvalue weighted by Gasteiger charge is -2.18. The Hall–Kier alpha value is -3.74. The summed E-state index contributed by atoms with van der Waals surface area (Å²) in [7, 11) is 0. The van der Waals surface area contributed by atoms with Crippen LogP contribution in [0.3, 0.4) is 0 Å². The summed E-state index contributed by atoms with van der Waals surface area (Å²) in [4.78, 5) is 52.4. The van der Waals surface area contributed by atoms with Gasteiger partial charge in [-0.05, 0) is 13.8 Å². The van der Waals surface area contributed by atoms with Crippen molar-refractivity contribution in [3.63, 3.8) is 0 Å². The van der Waals surface area contributed by atoms with Crippen LogP contribution in [-0.2, 0) is 29.1 Å². The van der Waals surface area contributed by atoms with Gasteiger partial charge in [0.05, 0.1) is 56.9 Å². The maximum absolute atomic E-state index is 13.3. The maximum Gasteiger partial charge on any atom is 0.333 e. The van der Waals surface area contributed by atoms with Gasteiger partial charge in [0.2, 0.25) is 0 Å². The standard InChI is InChI=1S/C25H33N7O10/c1-13-8-29(20-5-16(35)18(11-33)41-20)24(39)28(22(13)37)3-4-32-15(7-26-27-32)10-31-23(38)14(2)9-30(25(31)40)21-6-17(36)19(12-34)42-21/h7-9,16-21,33-36H,3-6,10-12H2,1-2H3/t16-,17-,18+,19+,20+,21+/m0/s1. The molecular formula is C25H33N7O10. The van der Waals surface area contributed by atoms with Crippen LogP contribution in [-0.4, -0.2) is 91.3 Å². The summed E-state index contributed by atoms with van der Waals surface area (Å²) >= 11 is 0. The molecular weight excluding hydrogens is 558 g/mol. The van der Waals surface area contributed by atoms with E-state index in [2.05, 4.69) is 10.3 Å². The number of aryl methyl sites for hydroxylation is 3. The monoisotopic (exact) mass is 591 g/mol. The molecule has 0 radical (unpaired) electrons. The fourth-order valence-electron chi connectivity index (χ4n) is 5.31. The molecule has 3 aromatic heterocycles. The smallest absolute Gasteiger partial charge is 0.333 e. The van der Waals surface area contributed by atoms with Gasteiger partial charge in [-0.3, -0.25) is 27.9 Å². The molecule has 6 atom stereocenters. The summed E-state index contributed by atoms with van der Waals surface area (Å²) in [5, 5.41) is 46.9. The third kappa shape index (κ3) is 5.41. The Bertz CT molecular complexity index is 1690. The van der Waals surface area contributed by atoms with Crippen LogP contribution in [0.5, 0.6) is 0 Å². The first-order valence-electron chi connectivity index (χ1n) is 13.4. The van der Waals surface area contributed by atoms with Crippen molar-refractivity contribution in [3.05, 3.63) is 77.1 Å². The van der Waals surface area contributed by atoms with Crippen molar-refractivity contribution in [3.8, 4) is 0 Å². The van der Waals surface area contributed by atoms with Crippen LogP contribution < -0.4 is 22.5 Å². The van der Waals surface area contributed by atoms with Gasteiger partial charge < -0.3 is 29.9 Å². The van der Waals surface area contributed by atoms with Gasteiger partial charge in [-0.15, -0.1) is 5.10 Å². The van der Waals surface area contributed by atoms with Crippen LogP contribution in [0.4, 0.5) is 0 Å². The second-order valence-corrected chi connectivity index (χ2v) is 10.5. The van der Waals surface area contributed by atoms with Gasteiger partial charge in [-0.25, -0.2) is 14.3 Å². The molecule has 0 aromatic carbocycles. The zero-order valence-corrected chi connectivity index (χ0v) is 23.0. The zero-order chi connectivity index (χ0) is 30.3. The minimum atomic E-state index is -0.978. The van der Waals surface area contributed by atoms with Crippen molar-refractivity contribution in [1.82, 2.24) is 33.3 Å². The van der Waals surface area contributed by atoms with Crippen molar-refractivity contribution in [2.75, 3.05) is 13.2 Å². The lowest BCUT2D eigenvalue weighted by Crippen LogP contribution is -2.43. The molecule has 5 heterocycles. The average Bonchev–Trinajstić information content (AvgIpc) is 3.68. The molecule has 3 aromatic rings. The van der Waals surface area contributed by atoms with E-state index < -0.39 is 72.6 Å². The molecule has 0 spiro atoms. The molecule has 42 heavy (non-hydrogen) atoms. The van der Waals surface area contributed by atoms with E-state index >= 15 is 0 Å². The summed E-state index contributed by atoms with van der Waals surface area (Å²) in [6, 6.07) is 0. The van der Waals surface area contributed by atoms with Crippen molar-refractivity contribution in [1.29, 1.82) is 0 Å². The number of hydrogen-bond donors (Lipinski definition) is 4. The van der Waals surface area contributed by atoms with E-state index in [1.807, 2.05) is 0 Å². The minimum Gasteiger partial charge on any atom is -0.394 e. The minimum absolute atomic E-state index is 0.00773. The Morgan fingerprint density at radius 2 is 1.31 bits per heavy atom.